The molecule has 0 radical (unpaired) electrons. The van der Waals surface area contributed by atoms with Crippen molar-refractivity contribution in [3.05, 3.63) is 18.2 Å². The highest BCUT2D eigenvalue weighted by Crippen LogP contribution is 2.36. The lowest BCUT2D eigenvalue weighted by Crippen LogP contribution is -2.48. The molecule has 2 rings (SSSR count). The minimum atomic E-state index is -0.148. The van der Waals surface area contributed by atoms with Gasteiger partial charge in [-0.15, -0.1) is 0 Å². The number of hydrogen-bond donors (Lipinski definition) is 3. The van der Waals surface area contributed by atoms with Crippen molar-refractivity contribution in [2.45, 2.75) is 44.8 Å². The molecule has 0 atom stereocenters. The summed E-state index contributed by atoms with van der Waals surface area (Å²) in [6.45, 7) is 4.11. The normalized spacial score (nSPS) is 17.3. The highest BCUT2D eigenvalue weighted by molar-refractivity contribution is 5.62. The Kier molecular flexibility index (Phi) is 3.66. The molecule has 1 aliphatic rings. The maximum atomic E-state index is 9.45. The second-order valence-corrected chi connectivity index (χ2v) is 5.34. The minimum Gasteiger partial charge on any atom is -0.489 e. The molecule has 100 valence electrons. The first-order chi connectivity index (χ1) is 8.54. The van der Waals surface area contributed by atoms with Gasteiger partial charge in [0.05, 0.1) is 23.9 Å². The molecule has 4 N–H and O–H groups in total. The summed E-state index contributed by atoms with van der Waals surface area (Å²) in [7, 11) is 0. The van der Waals surface area contributed by atoms with E-state index in [2.05, 4.69) is 5.32 Å². The molecular weight excluding hydrogens is 228 g/mol. The highest BCUT2D eigenvalue weighted by Gasteiger charge is 2.36. The van der Waals surface area contributed by atoms with E-state index in [0.29, 0.717) is 11.4 Å². The number of nitrogens with one attached hydrogen (secondary N) is 1. The van der Waals surface area contributed by atoms with E-state index in [1.807, 2.05) is 32.0 Å². The van der Waals surface area contributed by atoms with Crippen LogP contribution >= 0.6 is 0 Å². The number of rotatable bonds is 5. The lowest BCUT2D eigenvalue weighted by atomic mass is 9.77. The standard InChI is InChI=1S/C14H22N2O2/c1-10(2)18-13-8-11(4-5-12(13)15)16-14(9-17)6-3-7-14/h4-5,8,10,16-17H,3,6-7,9,15H2,1-2H3. The van der Waals surface area contributed by atoms with Gasteiger partial charge in [0.15, 0.2) is 0 Å². The first-order valence-corrected chi connectivity index (χ1v) is 6.50. The molecule has 18 heavy (non-hydrogen) atoms. The minimum absolute atomic E-state index is 0.0954. The SMILES string of the molecule is CC(C)Oc1cc(NC2(CO)CCC2)ccc1N. The largest absolute Gasteiger partial charge is 0.489 e. The van der Waals surface area contributed by atoms with Crippen LogP contribution in [0.5, 0.6) is 5.75 Å². The molecule has 1 fully saturated rings. The van der Waals surface area contributed by atoms with Crippen molar-refractivity contribution in [3.8, 4) is 5.75 Å². The quantitative estimate of drug-likeness (QED) is 0.702. The fourth-order valence-electron chi connectivity index (χ4n) is 2.20. The summed E-state index contributed by atoms with van der Waals surface area (Å²) in [5, 5.41) is 12.8. The van der Waals surface area contributed by atoms with Gasteiger partial charge >= 0.3 is 0 Å². The van der Waals surface area contributed by atoms with Gasteiger partial charge < -0.3 is 20.9 Å². The molecule has 1 aromatic rings. The molecule has 0 aromatic heterocycles. The first kappa shape index (κ1) is 13.0. The van der Waals surface area contributed by atoms with Crippen LogP contribution in [-0.4, -0.2) is 23.4 Å². The highest BCUT2D eigenvalue weighted by atomic mass is 16.5. The zero-order chi connectivity index (χ0) is 13.2. The molecule has 4 nitrogen and oxygen atoms in total. The van der Waals surface area contributed by atoms with Crippen molar-refractivity contribution in [1.29, 1.82) is 0 Å². The number of anilines is 2. The number of hydrogen-bond acceptors (Lipinski definition) is 4. The fourth-order valence-corrected chi connectivity index (χ4v) is 2.20. The molecule has 1 aliphatic carbocycles. The van der Waals surface area contributed by atoms with E-state index in [1.165, 1.54) is 0 Å². The average Bonchev–Trinajstić information content (AvgIpc) is 2.27. The summed E-state index contributed by atoms with van der Waals surface area (Å²) in [4.78, 5) is 0. The van der Waals surface area contributed by atoms with Gasteiger partial charge in [0.1, 0.15) is 5.75 Å². The molecule has 1 aromatic carbocycles. The van der Waals surface area contributed by atoms with Crippen LogP contribution in [0.25, 0.3) is 0 Å². The molecular formula is C14H22N2O2. The summed E-state index contributed by atoms with van der Waals surface area (Å²) < 4.78 is 5.66. The van der Waals surface area contributed by atoms with Gasteiger partial charge in [0.25, 0.3) is 0 Å². The lowest BCUT2D eigenvalue weighted by molar-refractivity contribution is 0.144. The zero-order valence-corrected chi connectivity index (χ0v) is 11.1. The lowest BCUT2D eigenvalue weighted by Gasteiger charge is -2.42. The topological polar surface area (TPSA) is 67.5 Å². The molecule has 0 heterocycles. The molecule has 4 heteroatoms. The van der Waals surface area contributed by atoms with Gasteiger partial charge in [-0.3, -0.25) is 0 Å². The van der Waals surface area contributed by atoms with Gasteiger partial charge in [-0.05, 0) is 45.2 Å². The zero-order valence-electron chi connectivity index (χ0n) is 11.1. The Labute approximate surface area is 108 Å². The monoisotopic (exact) mass is 250 g/mol. The molecule has 0 amide bonds. The van der Waals surface area contributed by atoms with E-state index in [0.717, 1.165) is 24.9 Å². The number of aliphatic hydroxyl groups is 1. The maximum Gasteiger partial charge on any atom is 0.144 e. The van der Waals surface area contributed by atoms with Gasteiger partial charge in [-0.2, -0.15) is 0 Å². The fraction of sp³-hybridized carbons (Fsp3) is 0.571. The summed E-state index contributed by atoms with van der Waals surface area (Å²) in [6, 6.07) is 5.67. The Morgan fingerprint density at radius 1 is 1.44 bits per heavy atom. The second-order valence-electron chi connectivity index (χ2n) is 5.34. The van der Waals surface area contributed by atoms with Crippen LogP contribution in [0.1, 0.15) is 33.1 Å². The molecule has 0 bridgehead atoms. The predicted molar refractivity (Wildman–Crippen MR) is 73.9 cm³/mol. The Balaban J connectivity index is 2.13. The Morgan fingerprint density at radius 2 is 2.17 bits per heavy atom. The number of aliphatic hydroxyl groups excluding tert-OH is 1. The van der Waals surface area contributed by atoms with Crippen molar-refractivity contribution in [2.75, 3.05) is 17.7 Å². The van der Waals surface area contributed by atoms with Gasteiger partial charge in [0.2, 0.25) is 0 Å². The summed E-state index contributed by atoms with van der Waals surface area (Å²) in [5.41, 5.74) is 7.32. The van der Waals surface area contributed by atoms with E-state index >= 15 is 0 Å². The number of nitrogen functional groups attached to an aromatic ring is 1. The van der Waals surface area contributed by atoms with Crippen LogP contribution in [0.3, 0.4) is 0 Å². The van der Waals surface area contributed by atoms with Crippen LogP contribution in [0.2, 0.25) is 0 Å². The number of benzene rings is 1. The summed E-state index contributed by atoms with van der Waals surface area (Å²) in [6.07, 6.45) is 3.28. The van der Waals surface area contributed by atoms with Crippen LogP contribution in [-0.2, 0) is 0 Å². The van der Waals surface area contributed by atoms with E-state index in [1.54, 1.807) is 0 Å². The van der Waals surface area contributed by atoms with Crippen molar-refractivity contribution >= 4 is 11.4 Å². The van der Waals surface area contributed by atoms with Gasteiger partial charge in [0, 0.05) is 11.8 Å². The predicted octanol–water partition coefficient (Wildman–Crippen LogP) is 2.38. The van der Waals surface area contributed by atoms with Crippen molar-refractivity contribution < 1.29 is 9.84 Å². The average molecular weight is 250 g/mol. The van der Waals surface area contributed by atoms with E-state index < -0.39 is 0 Å². The van der Waals surface area contributed by atoms with E-state index in [4.69, 9.17) is 10.5 Å². The third-order valence-corrected chi connectivity index (χ3v) is 3.40. The van der Waals surface area contributed by atoms with Crippen molar-refractivity contribution in [2.24, 2.45) is 0 Å². The maximum absolute atomic E-state index is 9.45. The van der Waals surface area contributed by atoms with Gasteiger partial charge in [-0.25, -0.2) is 0 Å². The molecule has 1 saturated carbocycles. The second kappa shape index (κ2) is 5.06. The Morgan fingerprint density at radius 3 is 2.67 bits per heavy atom. The van der Waals surface area contributed by atoms with Crippen molar-refractivity contribution in [1.82, 2.24) is 0 Å². The van der Waals surface area contributed by atoms with Crippen LogP contribution in [0.15, 0.2) is 18.2 Å². The van der Waals surface area contributed by atoms with Gasteiger partial charge in [-0.1, -0.05) is 0 Å². The van der Waals surface area contributed by atoms with Crippen LogP contribution in [0, 0.1) is 0 Å². The van der Waals surface area contributed by atoms with Crippen LogP contribution in [0.4, 0.5) is 11.4 Å². The number of nitrogens with two attached hydrogens (primary N) is 1. The van der Waals surface area contributed by atoms with Crippen LogP contribution < -0.4 is 15.8 Å². The Bertz CT molecular complexity index is 409. The summed E-state index contributed by atoms with van der Waals surface area (Å²) in [5.74, 6) is 0.697. The van der Waals surface area contributed by atoms with E-state index in [-0.39, 0.29) is 18.2 Å². The molecule has 0 spiro atoms. The first-order valence-electron chi connectivity index (χ1n) is 6.50. The molecule has 0 aliphatic heterocycles. The number of ether oxygens (including phenoxy) is 1. The van der Waals surface area contributed by atoms with Crippen molar-refractivity contribution in [3.63, 3.8) is 0 Å². The third kappa shape index (κ3) is 2.70. The molecule has 0 saturated heterocycles. The Hall–Kier alpha value is -1.42. The third-order valence-electron chi connectivity index (χ3n) is 3.40. The smallest absolute Gasteiger partial charge is 0.144 e. The summed E-state index contributed by atoms with van der Waals surface area (Å²) >= 11 is 0. The van der Waals surface area contributed by atoms with E-state index in [9.17, 15) is 5.11 Å². The molecule has 0 unspecified atom stereocenters.